The van der Waals surface area contributed by atoms with Gasteiger partial charge in [-0.3, -0.25) is 0 Å². The van der Waals surface area contributed by atoms with E-state index in [0.29, 0.717) is 6.61 Å². The topological polar surface area (TPSA) is 35.5 Å². The summed E-state index contributed by atoms with van der Waals surface area (Å²) in [7, 11) is 0. The molecule has 0 aromatic carbocycles. The zero-order valence-corrected chi connectivity index (χ0v) is 10.4. The highest BCUT2D eigenvalue weighted by Gasteiger charge is 2.32. The van der Waals surface area contributed by atoms with Crippen molar-refractivity contribution in [3.63, 3.8) is 0 Å². The maximum absolute atomic E-state index is 11.5. The van der Waals surface area contributed by atoms with E-state index >= 15 is 0 Å². The minimum absolute atomic E-state index is 0.0116. The Morgan fingerprint density at radius 3 is 2.53 bits per heavy atom. The van der Waals surface area contributed by atoms with Crippen molar-refractivity contribution in [2.24, 2.45) is 0 Å². The number of hydrogen-bond acceptors (Lipinski definition) is 3. The van der Waals surface area contributed by atoms with Gasteiger partial charge < -0.3 is 9.47 Å². The molecule has 1 aliphatic heterocycles. The van der Waals surface area contributed by atoms with Crippen LogP contribution in [0.5, 0.6) is 0 Å². The van der Waals surface area contributed by atoms with Gasteiger partial charge in [0.15, 0.2) is 0 Å². The average molecular weight is 274 g/mol. The van der Waals surface area contributed by atoms with Crippen LogP contribution in [0.3, 0.4) is 0 Å². The first-order valence-electron chi connectivity index (χ1n) is 4.47. The second-order valence-electron chi connectivity index (χ2n) is 3.08. The van der Waals surface area contributed by atoms with Crippen molar-refractivity contribution >= 4 is 40.8 Å². The molecule has 1 heterocycles. The van der Waals surface area contributed by atoms with Gasteiger partial charge in [-0.25, -0.2) is 4.79 Å². The van der Waals surface area contributed by atoms with E-state index in [1.54, 1.807) is 6.92 Å². The number of rotatable bonds is 3. The number of hydrogen-bond donors (Lipinski definition) is 0. The minimum Gasteiger partial charge on any atom is -0.459 e. The molecule has 1 aliphatic rings. The number of esters is 1. The number of ether oxygens (including phenoxy) is 2. The van der Waals surface area contributed by atoms with Gasteiger partial charge >= 0.3 is 5.97 Å². The molecule has 86 valence electrons. The normalized spacial score (nSPS) is 22.1. The molecule has 15 heavy (non-hydrogen) atoms. The fourth-order valence-corrected chi connectivity index (χ4v) is 1.62. The second-order valence-corrected chi connectivity index (χ2v) is 5.36. The Morgan fingerprint density at radius 2 is 2.20 bits per heavy atom. The van der Waals surface area contributed by atoms with Crippen molar-refractivity contribution in [2.75, 3.05) is 13.2 Å². The summed E-state index contributed by atoms with van der Waals surface area (Å²) in [6, 6.07) is 0. The molecule has 1 unspecified atom stereocenters. The number of carbonyl (C=O) groups excluding carboxylic acids is 1. The van der Waals surface area contributed by atoms with Crippen LogP contribution in [0.1, 0.15) is 13.3 Å². The average Bonchev–Trinajstić information content (AvgIpc) is 1.99. The van der Waals surface area contributed by atoms with E-state index in [1.165, 1.54) is 6.08 Å². The Balaban J connectivity index is 2.43. The Labute approximate surface area is 103 Å². The van der Waals surface area contributed by atoms with Crippen LogP contribution in [0.2, 0.25) is 0 Å². The molecule has 6 heteroatoms. The first kappa shape index (κ1) is 13.1. The van der Waals surface area contributed by atoms with Crippen molar-refractivity contribution in [3.8, 4) is 0 Å². The SMILES string of the molecule is CC=C(C(=O)OCC1CCO1)C(Cl)(Cl)Cl. The highest BCUT2D eigenvalue weighted by Crippen LogP contribution is 2.35. The third kappa shape index (κ3) is 3.83. The van der Waals surface area contributed by atoms with Gasteiger partial charge in [0.1, 0.15) is 6.61 Å². The molecule has 1 saturated heterocycles. The van der Waals surface area contributed by atoms with Crippen molar-refractivity contribution in [1.29, 1.82) is 0 Å². The molecule has 0 aromatic heterocycles. The highest BCUT2D eigenvalue weighted by atomic mass is 35.6. The van der Waals surface area contributed by atoms with Gasteiger partial charge in [0, 0.05) is 13.0 Å². The smallest absolute Gasteiger partial charge is 0.338 e. The summed E-state index contributed by atoms with van der Waals surface area (Å²) in [5, 5.41) is 0. The molecular formula is C9H11Cl3O3. The molecule has 0 spiro atoms. The molecule has 1 atom stereocenters. The Morgan fingerprint density at radius 1 is 1.60 bits per heavy atom. The fraction of sp³-hybridized carbons (Fsp3) is 0.667. The molecule has 1 rings (SSSR count). The summed E-state index contributed by atoms with van der Waals surface area (Å²) >= 11 is 16.8. The molecule has 0 saturated carbocycles. The zero-order chi connectivity index (χ0) is 11.5. The number of carbonyl (C=O) groups is 1. The van der Waals surface area contributed by atoms with Crippen molar-refractivity contribution in [1.82, 2.24) is 0 Å². The highest BCUT2D eigenvalue weighted by molar-refractivity contribution is 6.70. The van der Waals surface area contributed by atoms with E-state index in [0.717, 1.165) is 6.42 Å². The van der Waals surface area contributed by atoms with Crippen LogP contribution < -0.4 is 0 Å². The third-order valence-electron chi connectivity index (χ3n) is 2.01. The maximum atomic E-state index is 11.5. The largest absolute Gasteiger partial charge is 0.459 e. The van der Waals surface area contributed by atoms with Crippen LogP contribution in [-0.2, 0) is 14.3 Å². The van der Waals surface area contributed by atoms with Gasteiger partial charge in [0.2, 0.25) is 3.79 Å². The molecule has 0 aliphatic carbocycles. The third-order valence-corrected chi connectivity index (χ3v) is 2.62. The van der Waals surface area contributed by atoms with Crippen molar-refractivity contribution < 1.29 is 14.3 Å². The van der Waals surface area contributed by atoms with Crippen LogP contribution in [0.4, 0.5) is 0 Å². The lowest BCUT2D eigenvalue weighted by atomic mass is 10.2. The van der Waals surface area contributed by atoms with E-state index < -0.39 is 9.76 Å². The molecule has 0 N–H and O–H groups in total. The molecular weight excluding hydrogens is 262 g/mol. The van der Waals surface area contributed by atoms with Crippen LogP contribution in [0, 0.1) is 0 Å². The second kappa shape index (κ2) is 5.39. The minimum atomic E-state index is -1.74. The summed E-state index contributed by atoms with van der Waals surface area (Å²) in [6.45, 7) is 2.53. The van der Waals surface area contributed by atoms with Crippen LogP contribution in [0.25, 0.3) is 0 Å². The predicted molar refractivity (Wildman–Crippen MR) is 59.4 cm³/mol. The van der Waals surface area contributed by atoms with Gasteiger partial charge in [-0.05, 0) is 6.92 Å². The number of allylic oxidation sites excluding steroid dienone is 1. The summed E-state index contributed by atoms with van der Waals surface area (Å²) < 4.78 is 8.28. The lowest BCUT2D eigenvalue weighted by Crippen LogP contribution is -2.33. The Kier molecular flexibility index (Phi) is 4.71. The van der Waals surface area contributed by atoms with E-state index in [4.69, 9.17) is 44.3 Å². The van der Waals surface area contributed by atoms with Crippen LogP contribution in [-0.4, -0.2) is 29.1 Å². The van der Waals surface area contributed by atoms with Gasteiger partial charge in [-0.2, -0.15) is 0 Å². The molecule has 0 radical (unpaired) electrons. The van der Waals surface area contributed by atoms with Crippen molar-refractivity contribution in [2.45, 2.75) is 23.2 Å². The molecule has 0 bridgehead atoms. The molecule has 3 nitrogen and oxygen atoms in total. The molecule has 0 amide bonds. The standard InChI is InChI=1S/C9H11Cl3O3/c1-2-7(9(10,11)12)8(13)15-5-6-3-4-14-6/h2,6H,3-5H2,1H3. The summed E-state index contributed by atoms with van der Waals surface area (Å²) in [4.78, 5) is 11.5. The fourth-order valence-electron chi connectivity index (χ4n) is 1.06. The quantitative estimate of drug-likeness (QED) is 0.450. The summed E-state index contributed by atoms with van der Waals surface area (Å²) in [6.07, 6.45) is 2.31. The molecule has 0 aromatic rings. The van der Waals surface area contributed by atoms with Crippen LogP contribution in [0.15, 0.2) is 11.6 Å². The van der Waals surface area contributed by atoms with Gasteiger partial charge in [0.05, 0.1) is 11.7 Å². The monoisotopic (exact) mass is 272 g/mol. The van der Waals surface area contributed by atoms with Gasteiger partial charge in [0.25, 0.3) is 0 Å². The number of halogens is 3. The van der Waals surface area contributed by atoms with Crippen LogP contribution >= 0.6 is 34.8 Å². The summed E-state index contributed by atoms with van der Waals surface area (Å²) in [5.41, 5.74) is 0.0202. The van der Waals surface area contributed by atoms with E-state index in [9.17, 15) is 4.79 Å². The van der Waals surface area contributed by atoms with Crippen molar-refractivity contribution in [3.05, 3.63) is 11.6 Å². The Bertz CT molecular complexity index is 266. The first-order valence-corrected chi connectivity index (χ1v) is 5.60. The lowest BCUT2D eigenvalue weighted by Gasteiger charge is -2.26. The van der Waals surface area contributed by atoms with E-state index in [2.05, 4.69) is 0 Å². The van der Waals surface area contributed by atoms with E-state index in [-0.39, 0.29) is 18.3 Å². The zero-order valence-electron chi connectivity index (χ0n) is 8.13. The number of alkyl halides is 3. The molecule has 1 fully saturated rings. The van der Waals surface area contributed by atoms with Gasteiger partial charge in [-0.15, -0.1) is 0 Å². The van der Waals surface area contributed by atoms with Gasteiger partial charge in [-0.1, -0.05) is 40.9 Å². The first-order chi connectivity index (χ1) is 6.95. The Hall–Kier alpha value is 0.0400. The summed E-state index contributed by atoms with van der Waals surface area (Å²) in [5.74, 6) is -0.618. The van der Waals surface area contributed by atoms with E-state index in [1.807, 2.05) is 0 Å². The predicted octanol–water partition coefficient (Wildman–Crippen LogP) is 2.64. The maximum Gasteiger partial charge on any atom is 0.338 e. The lowest BCUT2D eigenvalue weighted by molar-refractivity contribution is -0.150.